The van der Waals surface area contributed by atoms with Crippen LogP contribution in [0.2, 0.25) is 0 Å². The minimum Gasteiger partial charge on any atom is -0.292 e. The topological polar surface area (TPSA) is 65.6 Å². The van der Waals surface area contributed by atoms with Gasteiger partial charge in [-0.1, -0.05) is 30.3 Å². The molecule has 0 bridgehead atoms. The van der Waals surface area contributed by atoms with E-state index in [0.717, 1.165) is 20.9 Å². The standard InChI is InChI=1S/C19H13N5OS/c25-19-14-10-21-24(13-6-2-1-3-7-13)18(14)20-12-23(19)11-17-22-15-8-4-5-9-16(15)26-17/h1-10,12H,11H2. The van der Waals surface area contributed by atoms with Gasteiger partial charge < -0.3 is 0 Å². The maximum Gasteiger partial charge on any atom is 0.264 e. The van der Waals surface area contributed by atoms with Crippen molar-refractivity contribution in [3.63, 3.8) is 0 Å². The number of hydrogen-bond acceptors (Lipinski definition) is 5. The van der Waals surface area contributed by atoms with E-state index in [2.05, 4.69) is 15.1 Å². The molecule has 0 aliphatic heterocycles. The van der Waals surface area contributed by atoms with Gasteiger partial charge in [-0.2, -0.15) is 5.10 Å². The Balaban J connectivity index is 1.57. The molecule has 0 saturated heterocycles. The van der Waals surface area contributed by atoms with E-state index in [1.165, 1.54) is 0 Å². The van der Waals surface area contributed by atoms with Crippen molar-refractivity contribution in [1.29, 1.82) is 0 Å². The summed E-state index contributed by atoms with van der Waals surface area (Å²) in [6.07, 6.45) is 3.14. The lowest BCUT2D eigenvalue weighted by atomic mass is 10.3. The van der Waals surface area contributed by atoms with E-state index in [1.54, 1.807) is 33.1 Å². The van der Waals surface area contributed by atoms with E-state index in [0.29, 0.717) is 17.6 Å². The van der Waals surface area contributed by atoms with E-state index in [4.69, 9.17) is 0 Å². The Labute approximate surface area is 152 Å². The Kier molecular flexibility index (Phi) is 3.39. The monoisotopic (exact) mass is 359 g/mol. The highest BCUT2D eigenvalue weighted by molar-refractivity contribution is 7.18. The van der Waals surface area contributed by atoms with Gasteiger partial charge in [-0.05, 0) is 24.3 Å². The molecule has 6 nitrogen and oxygen atoms in total. The maximum absolute atomic E-state index is 12.8. The molecule has 5 rings (SSSR count). The first-order valence-electron chi connectivity index (χ1n) is 8.13. The SMILES string of the molecule is O=c1c2cnn(-c3ccccc3)c2ncn1Cc1nc2ccccc2s1. The molecule has 26 heavy (non-hydrogen) atoms. The fourth-order valence-corrected chi connectivity index (χ4v) is 3.92. The molecule has 2 aromatic carbocycles. The minimum absolute atomic E-state index is 0.114. The highest BCUT2D eigenvalue weighted by Gasteiger charge is 2.12. The minimum atomic E-state index is -0.114. The zero-order valence-corrected chi connectivity index (χ0v) is 14.4. The largest absolute Gasteiger partial charge is 0.292 e. The van der Waals surface area contributed by atoms with Gasteiger partial charge in [0.05, 0.1) is 28.6 Å². The zero-order valence-electron chi connectivity index (χ0n) is 13.6. The predicted molar refractivity (Wildman–Crippen MR) is 102 cm³/mol. The first kappa shape index (κ1) is 15.0. The molecule has 0 spiro atoms. The summed E-state index contributed by atoms with van der Waals surface area (Å²) in [5, 5.41) is 5.71. The number of thiazole rings is 1. The molecule has 0 atom stereocenters. The van der Waals surface area contributed by atoms with Crippen molar-refractivity contribution in [2.24, 2.45) is 0 Å². The summed E-state index contributed by atoms with van der Waals surface area (Å²) in [4.78, 5) is 21.9. The lowest BCUT2D eigenvalue weighted by molar-refractivity contribution is 0.742. The summed E-state index contributed by atoms with van der Waals surface area (Å²) in [5.74, 6) is 0. The Bertz CT molecular complexity index is 1250. The molecule has 0 N–H and O–H groups in total. The van der Waals surface area contributed by atoms with Gasteiger partial charge in [0.15, 0.2) is 5.65 Å². The molecule has 0 amide bonds. The number of hydrogen-bond donors (Lipinski definition) is 0. The molecule has 3 aromatic heterocycles. The fourth-order valence-electron chi connectivity index (χ4n) is 2.95. The predicted octanol–water partition coefficient (Wildman–Crippen LogP) is 3.24. The first-order valence-corrected chi connectivity index (χ1v) is 8.94. The van der Waals surface area contributed by atoms with Crippen molar-refractivity contribution < 1.29 is 0 Å². The normalized spacial score (nSPS) is 11.4. The van der Waals surface area contributed by atoms with Crippen LogP contribution in [0.1, 0.15) is 5.01 Å². The van der Waals surface area contributed by atoms with Gasteiger partial charge >= 0.3 is 0 Å². The number of fused-ring (bicyclic) bond motifs is 2. The van der Waals surface area contributed by atoms with Crippen LogP contribution in [0.4, 0.5) is 0 Å². The summed E-state index contributed by atoms with van der Waals surface area (Å²) in [7, 11) is 0. The highest BCUT2D eigenvalue weighted by atomic mass is 32.1. The third-order valence-electron chi connectivity index (χ3n) is 4.20. The van der Waals surface area contributed by atoms with Gasteiger partial charge in [-0.15, -0.1) is 11.3 Å². The molecule has 0 unspecified atom stereocenters. The van der Waals surface area contributed by atoms with Crippen molar-refractivity contribution in [2.75, 3.05) is 0 Å². The highest BCUT2D eigenvalue weighted by Crippen LogP contribution is 2.22. The van der Waals surface area contributed by atoms with E-state index >= 15 is 0 Å². The molecule has 5 aromatic rings. The molecule has 0 saturated carbocycles. The quantitative estimate of drug-likeness (QED) is 0.496. The van der Waals surface area contributed by atoms with Crippen molar-refractivity contribution in [2.45, 2.75) is 6.54 Å². The van der Waals surface area contributed by atoms with Crippen LogP contribution in [0.3, 0.4) is 0 Å². The Hall–Kier alpha value is -3.32. The molecule has 126 valence electrons. The lowest BCUT2D eigenvalue weighted by Gasteiger charge is -2.04. The molecule has 0 fully saturated rings. The zero-order chi connectivity index (χ0) is 17.5. The average molecular weight is 359 g/mol. The summed E-state index contributed by atoms with van der Waals surface area (Å²) >= 11 is 1.59. The summed E-state index contributed by atoms with van der Waals surface area (Å²) in [6.45, 7) is 0.400. The number of nitrogens with zero attached hydrogens (tertiary/aromatic N) is 5. The third-order valence-corrected chi connectivity index (χ3v) is 5.22. The summed E-state index contributed by atoms with van der Waals surface area (Å²) in [6, 6.07) is 17.6. The van der Waals surface area contributed by atoms with Crippen LogP contribution in [0.5, 0.6) is 0 Å². The van der Waals surface area contributed by atoms with E-state index in [-0.39, 0.29) is 5.56 Å². The number of aromatic nitrogens is 5. The van der Waals surface area contributed by atoms with Gasteiger partial charge in [-0.3, -0.25) is 9.36 Å². The second-order valence-electron chi connectivity index (χ2n) is 5.88. The molecule has 7 heteroatoms. The van der Waals surface area contributed by atoms with Crippen LogP contribution in [0.15, 0.2) is 71.9 Å². The first-order chi connectivity index (χ1) is 12.8. The maximum atomic E-state index is 12.8. The Morgan fingerprint density at radius 2 is 1.81 bits per heavy atom. The van der Waals surface area contributed by atoms with Crippen LogP contribution < -0.4 is 5.56 Å². The van der Waals surface area contributed by atoms with Crippen molar-refractivity contribution in [1.82, 2.24) is 24.3 Å². The van der Waals surface area contributed by atoms with Gasteiger partial charge in [0.1, 0.15) is 16.7 Å². The molecule has 0 radical (unpaired) electrons. The molecule has 3 heterocycles. The van der Waals surface area contributed by atoms with Crippen LogP contribution in [-0.4, -0.2) is 24.3 Å². The van der Waals surface area contributed by atoms with Crippen LogP contribution in [-0.2, 0) is 6.54 Å². The van der Waals surface area contributed by atoms with Gasteiger partial charge in [-0.25, -0.2) is 14.6 Å². The van der Waals surface area contributed by atoms with E-state index in [1.807, 2.05) is 54.6 Å². The Morgan fingerprint density at radius 1 is 1.00 bits per heavy atom. The molecular weight excluding hydrogens is 346 g/mol. The third kappa shape index (κ3) is 2.41. The van der Waals surface area contributed by atoms with Gasteiger partial charge in [0, 0.05) is 0 Å². The fraction of sp³-hybridized carbons (Fsp3) is 0.0526. The summed E-state index contributed by atoms with van der Waals surface area (Å²) in [5.41, 5.74) is 2.27. The molecule has 0 aliphatic carbocycles. The number of para-hydroxylation sites is 2. The van der Waals surface area contributed by atoms with Crippen LogP contribution in [0, 0.1) is 0 Å². The Morgan fingerprint density at radius 3 is 2.65 bits per heavy atom. The van der Waals surface area contributed by atoms with Crippen molar-refractivity contribution >= 4 is 32.6 Å². The van der Waals surface area contributed by atoms with Crippen molar-refractivity contribution in [3.8, 4) is 5.69 Å². The van der Waals surface area contributed by atoms with Gasteiger partial charge in [0.25, 0.3) is 5.56 Å². The van der Waals surface area contributed by atoms with Gasteiger partial charge in [0.2, 0.25) is 0 Å². The summed E-state index contributed by atoms with van der Waals surface area (Å²) < 4.78 is 4.37. The number of benzene rings is 2. The smallest absolute Gasteiger partial charge is 0.264 e. The van der Waals surface area contributed by atoms with E-state index in [9.17, 15) is 4.79 Å². The molecule has 0 aliphatic rings. The van der Waals surface area contributed by atoms with Crippen LogP contribution >= 0.6 is 11.3 Å². The van der Waals surface area contributed by atoms with E-state index < -0.39 is 0 Å². The average Bonchev–Trinajstić information content (AvgIpc) is 3.28. The second-order valence-corrected chi connectivity index (χ2v) is 7.00. The number of rotatable bonds is 3. The molecular formula is C19H13N5OS. The van der Waals surface area contributed by atoms with Crippen LogP contribution in [0.25, 0.3) is 26.9 Å². The lowest BCUT2D eigenvalue weighted by Crippen LogP contribution is -2.21. The van der Waals surface area contributed by atoms with Crippen molar-refractivity contribution in [3.05, 3.63) is 82.5 Å². The second kappa shape index (κ2) is 5.89.